The summed E-state index contributed by atoms with van der Waals surface area (Å²) in [6.07, 6.45) is 0. The number of amidine groups is 1. The van der Waals surface area contributed by atoms with Crippen LogP contribution in [-0.4, -0.2) is 23.9 Å². The van der Waals surface area contributed by atoms with E-state index >= 15 is 0 Å². The van der Waals surface area contributed by atoms with E-state index in [2.05, 4.69) is 24.4 Å². The molecular formula is C26H24N2O2. The zero-order valence-electron chi connectivity index (χ0n) is 17.1. The number of ketones is 2. The van der Waals surface area contributed by atoms with Crippen LogP contribution in [-0.2, 0) is 4.79 Å². The highest BCUT2D eigenvalue weighted by molar-refractivity contribution is 6.32. The van der Waals surface area contributed by atoms with Gasteiger partial charge in [0.25, 0.3) is 0 Å². The fraction of sp³-hybridized carbons (Fsp3) is 0.192. The fourth-order valence-corrected chi connectivity index (χ4v) is 3.86. The van der Waals surface area contributed by atoms with Crippen LogP contribution in [0.5, 0.6) is 0 Å². The predicted octanol–water partition coefficient (Wildman–Crippen LogP) is 5.37. The summed E-state index contributed by atoms with van der Waals surface area (Å²) >= 11 is 0. The number of fused-ring (bicyclic) bond motifs is 1. The molecule has 0 spiro atoms. The number of para-hydroxylation sites is 1. The van der Waals surface area contributed by atoms with Crippen molar-refractivity contribution in [1.82, 2.24) is 0 Å². The molecule has 1 heterocycles. The lowest BCUT2D eigenvalue weighted by Crippen LogP contribution is -2.40. The second kappa shape index (κ2) is 8.46. The molecule has 150 valence electrons. The van der Waals surface area contributed by atoms with E-state index in [9.17, 15) is 9.59 Å². The van der Waals surface area contributed by atoms with Crippen molar-refractivity contribution in [2.75, 3.05) is 11.9 Å². The van der Waals surface area contributed by atoms with Gasteiger partial charge in [-0.05, 0) is 24.1 Å². The molecular weight excluding hydrogens is 372 g/mol. The van der Waals surface area contributed by atoms with Crippen LogP contribution >= 0.6 is 0 Å². The second-order valence-electron chi connectivity index (χ2n) is 7.66. The molecule has 0 saturated carbocycles. The van der Waals surface area contributed by atoms with Gasteiger partial charge in [-0.1, -0.05) is 79.7 Å². The predicted molar refractivity (Wildman–Crippen MR) is 121 cm³/mol. The van der Waals surface area contributed by atoms with Gasteiger partial charge >= 0.3 is 0 Å². The molecule has 1 N–H and O–H groups in total. The molecule has 1 aliphatic heterocycles. The number of nitrogens with one attached hydrogen (secondary N) is 1. The molecule has 2 atom stereocenters. The van der Waals surface area contributed by atoms with Crippen LogP contribution < -0.4 is 5.32 Å². The van der Waals surface area contributed by atoms with Crippen LogP contribution in [0.2, 0.25) is 0 Å². The lowest BCUT2D eigenvalue weighted by Gasteiger charge is -2.27. The Morgan fingerprint density at radius 1 is 0.933 bits per heavy atom. The van der Waals surface area contributed by atoms with Gasteiger partial charge in [-0.15, -0.1) is 0 Å². The minimum absolute atomic E-state index is 0.175. The van der Waals surface area contributed by atoms with E-state index in [0.29, 0.717) is 17.9 Å². The highest BCUT2D eigenvalue weighted by atomic mass is 16.2. The highest BCUT2D eigenvalue weighted by Crippen LogP contribution is 2.36. The first-order chi connectivity index (χ1) is 14.6. The third-order valence-corrected chi connectivity index (χ3v) is 5.51. The molecule has 1 aliphatic rings. The van der Waals surface area contributed by atoms with E-state index in [0.717, 1.165) is 16.8 Å². The average Bonchev–Trinajstić information content (AvgIpc) is 2.78. The summed E-state index contributed by atoms with van der Waals surface area (Å²) in [6.45, 7) is 4.04. The van der Waals surface area contributed by atoms with Crippen molar-refractivity contribution in [2.45, 2.75) is 19.8 Å². The van der Waals surface area contributed by atoms with Crippen molar-refractivity contribution < 1.29 is 9.59 Å². The molecule has 30 heavy (non-hydrogen) atoms. The summed E-state index contributed by atoms with van der Waals surface area (Å²) in [6, 6.07) is 25.6. The maximum absolute atomic E-state index is 13.2. The molecule has 0 aromatic heterocycles. The SMILES string of the molecule is CC(=O)C1C(=O)c2cccc(-c3ccccc3)c2NC1=NCC(C)c1ccccc1. The molecule has 0 bridgehead atoms. The van der Waals surface area contributed by atoms with Crippen molar-refractivity contribution in [3.63, 3.8) is 0 Å². The third kappa shape index (κ3) is 3.81. The van der Waals surface area contributed by atoms with E-state index in [1.807, 2.05) is 60.7 Å². The largest absolute Gasteiger partial charge is 0.342 e. The molecule has 0 fully saturated rings. The Bertz CT molecular complexity index is 1100. The number of benzene rings is 3. The number of nitrogens with zero attached hydrogens (tertiary/aromatic N) is 1. The van der Waals surface area contributed by atoms with Crippen molar-refractivity contribution in [3.8, 4) is 11.1 Å². The number of Topliss-reactive ketones (excluding diaryl/α,β-unsaturated/α-hetero) is 2. The minimum atomic E-state index is -0.883. The second-order valence-corrected chi connectivity index (χ2v) is 7.66. The van der Waals surface area contributed by atoms with Crippen LogP contribution in [0.15, 0.2) is 83.9 Å². The molecule has 4 nitrogen and oxygen atoms in total. The van der Waals surface area contributed by atoms with Crippen LogP contribution in [0.4, 0.5) is 5.69 Å². The van der Waals surface area contributed by atoms with Crippen LogP contribution in [0.1, 0.15) is 35.7 Å². The summed E-state index contributed by atoms with van der Waals surface area (Å²) < 4.78 is 0. The number of hydrogen-bond donors (Lipinski definition) is 1. The van der Waals surface area contributed by atoms with E-state index in [1.54, 1.807) is 6.07 Å². The van der Waals surface area contributed by atoms with Gasteiger partial charge in [0.2, 0.25) is 0 Å². The standard InChI is InChI=1S/C26H24N2O2/c1-17(19-10-5-3-6-11-19)16-27-26-23(18(2)29)25(30)22-15-9-14-21(24(22)28-26)20-12-7-4-8-13-20/h3-15,17,23H,16H2,1-2H3,(H,27,28). The Labute approximate surface area is 176 Å². The van der Waals surface area contributed by atoms with E-state index in [1.165, 1.54) is 12.5 Å². The first kappa shape index (κ1) is 19.8. The molecule has 4 rings (SSSR count). The molecule has 3 aromatic rings. The summed E-state index contributed by atoms with van der Waals surface area (Å²) in [5, 5.41) is 3.34. The molecule has 0 radical (unpaired) electrons. The molecule has 0 aliphatic carbocycles. The first-order valence-electron chi connectivity index (χ1n) is 10.2. The van der Waals surface area contributed by atoms with Crippen molar-refractivity contribution in [2.24, 2.45) is 10.9 Å². The number of rotatable bonds is 5. The van der Waals surface area contributed by atoms with Crippen LogP contribution in [0, 0.1) is 5.92 Å². The normalized spacial score (nSPS) is 17.9. The number of aliphatic imine (C=N–C) groups is 1. The monoisotopic (exact) mass is 396 g/mol. The van der Waals surface area contributed by atoms with Crippen molar-refractivity contribution in [3.05, 3.63) is 90.0 Å². The summed E-state index contributed by atoms with van der Waals surface area (Å²) in [5.74, 6) is -0.666. The summed E-state index contributed by atoms with van der Waals surface area (Å²) in [4.78, 5) is 30.3. The Morgan fingerprint density at radius 2 is 1.57 bits per heavy atom. The fourth-order valence-electron chi connectivity index (χ4n) is 3.86. The average molecular weight is 396 g/mol. The van der Waals surface area contributed by atoms with Crippen molar-refractivity contribution in [1.29, 1.82) is 0 Å². The van der Waals surface area contributed by atoms with E-state index in [-0.39, 0.29) is 17.5 Å². The third-order valence-electron chi connectivity index (χ3n) is 5.51. The maximum Gasteiger partial charge on any atom is 0.183 e. The first-order valence-corrected chi connectivity index (χ1v) is 10.2. The topological polar surface area (TPSA) is 58.5 Å². The van der Waals surface area contributed by atoms with Gasteiger partial charge in [0, 0.05) is 23.6 Å². The molecule has 0 saturated heterocycles. The number of anilines is 1. The Balaban J connectivity index is 1.73. The van der Waals surface area contributed by atoms with Crippen LogP contribution in [0.25, 0.3) is 11.1 Å². The quantitative estimate of drug-likeness (QED) is 0.590. The van der Waals surface area contributed by atoms with Gasteiger partial charge in [0.15, 0.2) is 5.78 Å². The van der Waals surface area contributed by atoms with Gasteiger partial charge in [0.1, 0.15) is 17.5 Å². The minimum Gasteiger partial charge on any atom is -0.342 e. The van der Waals surface area contributed by atoms with Gasteiger partial charge < -0.3 is 5.32 Å². The van der Waals surface area contributed by atoms with E-state index < -0.39 is 5.92 Å². The zero-order valence-corrected chi connectivity index (χ0v) is 17.1. The lowest BCUT2D eigenvalue weighted by molar-refractivity contribution is -0.117. The number of hydrogen-bond acceptors (Lipinski definition) is 3. The number of carbonyl (C=O) groups excluding carboxylic acids is 2. The Kier molecular flexibility index (Phi) is 5.57. The van der Waals surface area contributed by atoms with Gasteiger partial charge in [-0.3, -0.25) is 14.6 Å². The number of carbonyl (C=O) groups is 2. The summed E-state index contributed by atoms with van der Waals surface area (Å²) in [7, 11) is 0. The molecule has 4 heteroatoms. The lowest BCUT2D eigenvalue weighted by atomic mass is 9.86. The summed E-state index contributed by atoms with van der Waals surface area (Å²) in [5.41, 5.74) is 4.36. The maximum atomic E-state index is 13.2. The van der Waals surface area contributed by atoms with Gasteiger partial charge in [-0.25, -0.2) is 0 Å². The molecule has 2 unspecified atom stereocenters. The zero-order chi connectivity index (χ0) is 21.1. The smallest absolute Gasteiger partial charge is 0.183 e. The molecule has 0 amide bonds. The molecule has 3 aromatic carbocycles. The van der Waals surface area contributed by atoms with Gasteiger partial charge in [0.05, 0.1) is 5.69 Å². The van der Waals surface area contributed by atoms with Crippen LogP contribution in [0.3, 0.4) is 0 Å². The highest BCUT2D eigenvalue weighted by Gasteiger charge is 2.37. The Morgan fingerprint density at radius 3 is 2.23 bits per heavy atom. The van der Waals surface area contributed by atoms with Gasteiger partial charge in [-0.2, -0.15) is 0 Å². The Hall–Kier alpha value is -3.53. The van der Waals surface area contributed by atoms with E-state index in [4.69, 9.17) is 4.99 Å². The van der Waals surface area contributed by atoms with Crippen molar-refractivity contribution >= 4 is 23.1 Å².